The van der Waals surface area contributed by atoms with Crippen molar-refractivity contribution >= 4 is 5.69 Å². The summed E-state index contributed by atoms with van der Waals surface area (Å²) in [5, 5.41) is 3.38. The summed E-state index contributed by atoms with van der Waals surface area (Å²) < 4.78 is 5.12. The highest BCUT2D eigenvalue weighted by Gasteiger charge is 1.97. The first kappa shape index (κ1) is 12.6. The Morgan fingerprint density at radius 2 is 2.06 bits per heavy atom. The molecule has 0 fully saturated rings. The fourth-order valence-corrected chi connectivity index (χ4v) is 1.74. The van der Waals surface area contributed by atoms with Crippen molar-refractivity contribution in [2.24, 2.45) is 0 Å². The highest BCUT2D eigenvalue weighted by molar-refractivity contribution is 5.46. The molecule has 0 aliphatic carbocycles. The van der Waals surface area contributed by atoms with Crippen LogP contribution in [-0.4, -0.2) is 12.1 Å². The number of pyridine rings is 1. The van der Waals surface area contributed by atoms with E-state index in [9.17, 15) is 0 Å². The lowest BCUT2D eigenvalue weighted by molar-refractivity contribution is 0.185. The molecule has 0 bridgehead atoms. The summed E-state index contributed by atoms with van der Waals surface area (Å²) in [6.07, 6.45) is 1.90. The van der Waals surface area contributed by atoms with Gasteiger partial charge >= 0.3 is 0 Å². The topological polar surface area (TPSA) is 34.1 Å². The molecule has 0 unspecified atom stereocenters. The van der Waals surface area contributed by atoms with E-state index in [0.29, 0.717) is 6.61 Å². The summed E-state index contributed by atoms with van der Waals surface area (Å²) in [7, 11) is 1.71. The normalized spacial score (nSPS) is 10.3. The molecule has 0 spiro atoms. The highest BCUT2D eigenvalue weighted by atomic mass is 16.5. The predicted molar refractivity (Wildman–Crippen MR) is 73.5 cm³/mol. The van der Waals surface area contributed by atoms with Crippen LogP contribution in [0.15, 0.2) is 42.6 Å². The van der Waals surface area contributed by atoms with Gasteiger partial charge in [0.15, 0.2) is 0 Å². The maximum atomic E-state index is 5.12. The lowest BCUT2D eigenvalue weighted by atomic mass is 10.2. The van der Waals surface area contributed by atoms with Crippen molar-refractivity contribution in [2.75, 3.05) is 12.4 Å². The number of benzene rings is 1. The molecule has 1 heterocycles. The van der Waals surface area contributed by atoms with Crippen molar-refractivity contribution in [3.05, 3.63) is 59.4 Å². The number of nitrogens with zero attached hydrogens (tertiary/aromatic N) is 1. The van der Waals surface area contributed by atoms with Crippen molar-refractivity contribution in [3.63, 3.8) is 0 Å². The van der Waals surface area contributed by atoms with Gasteiger partial charge in [-0.2, -0.15) is 0 Å². The van der Waals surface area contributed by atoms with Crippen molar-refractivity contribution in [2.45, 2.75) is 20.1 Å². The summed E-state index contributed by atoms with van der Waals surface area (Å²) >= 11 is 0. The quantitative estimate of drug-likeness (QED) is 0.874. The van der Waals surface area contributed by atoms with Crippen LogP contribution in [0.25, 0.3) is 0 Å². The van der Waals surface area contributed by atoms with Gasteiger partial charge in [-0.1, -0.05) is 18.2 Å². The average molecular weight is 242 g/mol. The van der Waals surface area contributed by atoms with Crippen LogP contribution in [0.1, 0.15) is 16.8 Å². The van der Waals surface area contributed by atoms with Gasteiger partial charge in [-0.25, -0.2) is 0 Å². The van der Waals surface area contributed by atoms with Gasteiger partial charge in [-0.05, 0) is 36.2 Å². The Morgan fingerprint density at radius 1 is 1.17 bits per heavy atom. The molecule has 0 amide bonds. The van der Waals surface area contributed by atoms with Gasteiger partial charge in [0, 0.05) is 31.2 Å². The smallest absolute Gasteiger partial charge is 0.0713 e. The second kappa shape index (κ2) is 6.17. The fourth-order valence-electron chi connectivity index (χ4n) is 1.74. The first-order valence-corrected chi connectivity index (χ1v) is 6.01. The molecule has 94 valence electrons. The SMILES string of the molecule is COCc1cccc(NCc2ccc(C)nc2)c1. The molecule has 0 aliphatic heterocycles. The predicted octanol–water partition coefficient (Wildman–Crippen LogP) is 3.15. The molecular formula is C15H18N2O. The molecule has 18 heavy (non-hydrogen) atoms. The van der Waals surface area contributed by atoms with E-state index in [1.807, 2.05) is 25.3 Å². The third-order valence-electron chi connectivity index (χ3n) is 2.71. The number of aromatic nitrogens is 1. The van der Waals surface area contributed by atoms with Crippen LogP contribution in [0, 0.1) is 6.92 Å². The molecule has 2 aromatic rings. The van der Waals surface area contributed by atoms with Crippen molar-refractivity contribution in [1.82, 2.24) is 4.98 Å². The molecule has 2 rings (SSSR count). The maximum absolute atomic E-state index is 5.12. The van der Waals surface area contributed by atoms with E-state index in [4.69, 9.17) is 4.74 Å². The first-order chi connectivity index (χ1) is 8.78. The Bertz CT molecular complexity index is 494. The molecular weight excluding hydrogens is 224 g/mol. The largest absolute Gasteiger partial charge is 0.381 e. The Morgan fingerprint density at radius 3 is 2.78 bits per heavy atom. The molecule has 1 N–H and O–H groups in total. The lowest BCUT2D eigenvalue weighted by Gasteiger charge is -2.08. The number of hydrogen-bond acceptors (Lipinski definition) is 3. The van der Waals surface area contributed by atoms with E-state index in [1.54, 1.807) is 7.11 Å². The Balaban J connectivity index is 1.97. The fraction of sp³-hybridized carbons (Fsp3) is 0.267. The molecule has 0 aliphatic rings. The van der Waals surface area contributed by atoms with Crippen LogP contribution in [0.5, 0.6) is 0 Å². The number of aryl methyl sites for hydroxylation is 1. The van der Waals surface area contributed by atoms with Crippen molar-refractivity contribution in [1.29, 1.82) is 0 Å². The zero-order valence-corrected chi connectivity index (χ0v) is 10.8. The number of ether oxygens (including phenoxy) is 1. The maximum Gasteiger partial charge on any atom is 0.0713 e. The van der Waals surface area contributed by atoms with E-state index in [-0.39, 0.29) is 0 Å². The van der Waals surface area contributed by atoms with Gasteiger partial charge in [0.25, 0.3) is 0 Å². The van der Waals surface area contributed by atoms with Crippen LogP contribution >= 0.6 is 0 Å². The zero-order chi connectivity index (χ0) is 12.8. The molecule has 1 aromatic heterocycles. The summed E-state index contributed by atoms with van der Waals surface area (Å²) in [6, 6.07) is 12.4. The standard InChI is InChI=1S/C15H18N2O/c1-12-6-7-14(9-16-12)10-17-15-5-3-4-13(8-15)11-18-2/h3-9,17H,10-11H2,1-2H3. The molecule has 0 atom stereocenters. The minimum atomic E-state index is 0.640. The molecule has 3 nitrogen and oxygen atoms in total. The van der Waals surface area contributed by atoms with Gasteiger partial charge in [-0.15, -0.1) is 0 Å². The third kappa shape index (κ3) is 3.57. The third-order valence-corrected chi connectivity index (χ3v) is 2.71. The molecule has 0 radical (unpaired) electrons. The second-order valence-electron chi connectivity index (χ2n) is 4.29. The number of methoxy groups -OCH3 is 1. The highest BCUT2D eigenvalue weighted by Crippen LogP contribution is 2.12. The van der Waals surface area contributed by atoms with Gasteiger partial charge in [0.05, 0.1) is 6.61 Å². The van der Waals surface area contributed by atoms with E-state index in [1.165, 1.54) is 11.1 Å². The lowest BCUT2D eigenvalue weighted by Crippen LogP contribution is -2.00. The van der Waals surface area contributed by atoms with Gasteiger partial charge < -0.3 is 10.1 Å². The Hall–Kier alpha value is -1.87. The van der Waals surface area contributed by atoms with E-state index < -0.39 is 0 Å². The second-order valence-corrected chi connectivity index (χ2v) is 4.29. The number of rotatable bonds is 5. The monoisotopic (exact) mass is 242 g/mol. The Kier molecular flexibility index (Phi) is 4.31. The van der Waals surface area contributed by atoms with Gasteiger partial charge in [-0.3, -0.25) is 4.98 Å². The van der Waals surface area contributed by atoms with Crippen LogP contribution in [0.3, 0.4) is 0 Å². The van der Waals surface area contributed by atoms with Crippen LogP contribution in [0.4, 0.5) is 5.69 Å². The summed E-state index contributed by atoms with van der Waals surface area (Å²) in [5.41, 5.74) is 4.49. The average Bonchev–Trinajstić information content (AvgIpc) is 2.39. The number of hydrogen-bond donors (Lipinski definition) is 1. The number of nitrogens with one attached hydrogen (secondary N) is 1. The minimum absolute atomic E-state index is 0.640. The molecule has 1 aromatic carbocycles. The molecule has 0 saturated carbocycles. The Labute approximate surface area is 108 Å². The summed E-state index contributed by atoms with van der Waals surface area (Å²) in [5.74, 6) is 0. The van der Waals surface area contributed by atoms with Gasteiger partial charge in [0.2, 0.25) is 0 Å². The first-order valence-electron chi connectivity index (χ1n) is 6.01. The van der Waals surface area contributed by atoms with Crippen molar-refractivity contribution < 1.29 is 4.74 Å². The zero-order valence-electron chi connectivity index (χ0n) is 10.8. The van der Waals surface area contributed by atoms with E-state index in [2.05, 4.69) is 34.6 Å². The van der Waals surface area contributed by atoms with Crippen molar-refractivity contribution in [3.8, 4) is 0 Å². The summed E-state index contributed by atoms with van der Waals surface area (Å²) in [6.45, 7) is 3.41. The number of anilines is 1. The minimum Gasteiger partial charge on any atom is -0.381 e. The van der Waals surface area contributed by atoms with E-state index >= 15 is 0 Å². The van der Waals surface area contributed by atoms with Crippen LogP contribution in [0.2, 0.25) is 0 Å². The molecule has 3 heteroatoms. The van der Waals surface area contributed by atoms with Crippen LogP contribution in [-0.2, 0) is 17.9 Å². The summed E-state index contributed by atoms with van der Waals surface area (Å²) in [4.78, 5) is 4.28. The van der Waals surface area contributed by atoms with Crippen LogP contribution < -0.4 is 5.32 Å². The van der Waals surface area contributed by atoms with E-state index in [0.717, 1.165) is 17.9 Å². The molecule has 0 saturated heterocycles. The van der Waals surface area contributed by atoms with Gasteiger partial charge in [0.1, 0.15) is 0 Å².